The van der Waals surface area contributed by atoms with Crippen molar-refractivity contribution in [3.8, 4) is 0 Å². The first-order chi connectivity index (χ1) is 21.1. The number of carbonyl (C=O) groups is 4. The minimum atomic E-state index is -1.26. The SMILES string of the molecule is C=CCCC(=O)N[C@@H](C)[C@H](OC(=O)[C@@H]1[C@H]2O[C@@]3(CC2Br)[C@H](C(=O)N(CC=C)CCCC)N(CCO)C(=O)[C@@H]13)c1ccccc1. The molecular weight excluding hydrogens is 630 g/mol. The lowest BCUT2D eigenvalue weighted by Gasteiger charge is -2.37. The summed E-state index contributed by atoms with van der Waals surface area (Å²) in [6.07, 6.45) is 4.56. The summed E-state index contributed by atoms with van der Waals surface area (Å²) in [5, 5.41) is 12.8. The maximum atomic E-state index is 14.2. The fraction of sp³-hybridized carbons (Fsp3) is 0.576. The predicted molar refractivity (Wildman–Crippen MR) is 168 cm³/mol. The van der Waals surface area contributed by atoms with Gasteiger partial charge in [-0.2, -0.15) is 0 Å². The fourth-order valence-electron chi connectivity index (χ4n) is 6.94. The lowest BCUT2D eigenvalue weighted by atomic mass is 9.70. The van der Waals surface area contributed by atoms with Crippen molar-refractivity contribution in [2.75, 3.05) is 26.2 Å². The van der Waals surface area contributed by atoms with Gasteiger partial charge in [0.25, 0.3) is 0 Å². The summed E-state index contributed by atoms with van der Waals surface area (Å²) in [4.78, 5) is 57.7. The molecule has 240 valence electrons. The largest absolute Gasteiger partial charge is 0.455 e. The second-order valence-corrected chi connectivity index (χ2v) is 13.0. The van der Waals surface area contributed by atoms with Gasteiger partial charge in [0.2, 0.25) is 17.7 Å². The number of esters is 1. The van der Waals surface area contributed by atoms with E-state index in [4.69, 9.17) is 9.47 Å². The van der Waals surface area contributed by atoms with Crippen LogP contribution in [0.3, 0.4) is 0 Å². The highest BCUT2D eigenvalue weighted by molar-refractivity contribution is 9.09. The molecule has 1 aromatic carbocycles. The van der Waals surface area contributed by atoms with Crippen LogP contribution in [0.4, 0.5) is 0 Å². The van der Waals surface area contributed by atoms with Crippen LogP contribution in [-0.4, -0.2) is 93.5 Å². The Morgan fingerprint density at radius 3 is 2.64 bits per heavy atom. The van der Waals surface area contributed by atoms with Gasteiger partial charge in [-0.1, -0.05) is 71.8 Å². The molecule has 0 aromatic heterocycles. The number of unbranched alkanes of at least 4 members (excludes halogenated alkanes) is 1. The number of ether oxygens (including phenoxy) is 2. The van der Waals surface area contributed by atoms with Gasteiger partial charge in [-0.3, -0.25) is 19.2 Å². The normalized spacial score (nSPS) is 28.2. The molecule has 2 bridgehead atoms. The number of amides is 3. The highest BCUT2D eigenvalue weighted by atomic mass is 79.9. The number of aliphatic hydroxyl groups is 1. The number of hydrogen-bond donors (Lipinski definition) is 2. The van der Waals surface area contributed by atoms with Gasteiger partial charge in [0.1, 0.15) is 17.7 Å². The number of aliphatic hydroxyl groups excluding tert-OH is 1. The zero-order valence-corrected chi connectivity index (χ0v) is 27.1. The summed E-state index contributed by atoms with van der Waals surface area (Å²) in [5.74, 6) is -3.46. The summed E-state index contributed by atoms with van der Waals surface area (Å²) in [7, 11) is 0. The van der Waals surface area contributed by atoms with E-state index >= 15 is 0 Å². The molecule has 8 atom stereocenters. The van der Waals surface area contributed by atoms with Crippen molar-refractivity contribution in [2.24, 2.45) is 11.8 Å². The Bertz CT molecular complexity index is 1230. The maximum absolute atomic E-state index is 14.2. The lowest BCUT2D eigenvalue weighted by Crippen LogP contribution is -2.57. The molecule has 2 N–H and O–H groups in total. The average molecular weight is 675 g/mol. The molecule has 0 radical (unpaired) electrons. The Morgan fingerprint density at radius 1 is 1.27 bits per heavy atom. The van der Waals surface area contributed by atoms with Gasteiger partial charge < -0.3 is 29.7 Å². The Balaban J connectivity index is 1.66. The van der Waals surface area contributed by atoms with E-state index in [9.17, 15) is 24.3 Å². The van der Waals surface area contributed by atoms with Crippen LogP contribution in [-0.2, 0) is 28.7 Å². The average Bonchev–Trinajstić information content (AvgIpc) is 3.60. The molecule has 3 amide bonds. The molecule has 1 spiro atoms. The quantitative estimate of drug-likeness (QED) is 0.157. The molecule has 3 saturated heterocycles. The molecule has 3 aliphatic rings. The number of hydrogen-bond acceptors (Lipinski definition) is 7. The standard InChI is InChI=1S/C33H44BrN3O7/c1-5-8-15-24(39)35-21(4)27(22-13-11-10-12-14-22)43-32(42)25-26-30(40)37(18-19-38)29(33(26)20-23(34)28(25)44-33)31(41)36(16-7-3)17-9-6-2/h5,7,10-14,21,23,25-29,38H,1,3,6,8-9,15-20H2,2,4H3,(H,35,39)/t21-,23?,25-,26+,27-,28-,29-,33+/m0/s1. The fourth-order valence-corrected chi connectivity index (χ4v) is 7.88. The molecule has 3 aliphatic heterocycles. The summed E-state index contributed by atoms with van der Waals surface area (Å²) in [5.41, 5.74) is -0.570. The molecular formula is C33H44BrN3O7. The van der Waals surface area contributed by atoms with Crippen LogP contribution in [0.15, 0.2) is 55.6 Å². The first-order valence-electron chi connectivity index (χ1n) is 15.4. The molecule has 4 rings (SSSR count). The smallest absolute Gasteiger partial charge is 0.313 e. The zero-order chi connectivity index (χ0) is 32.0. The summed E-state index contributed by atoms with van der Waals surface area (Å²) >= 11 is 3.68. The van der Waals surface area contributed by atoms with Gasteiger partial charge in [-0.05, 0) is 31.7 Å². The van der Waals surface area contributed by atoms with E-state index < -0.39 is 53.6 Å². The van der Waals surface area contributed by atoms with E-state index in [-0.39, 0.29) is 36.2 Å². The number of alkyl halides is 1. The number of β-amino-alcohol motifs (C(OH)–C–C–N with tert-alkyl or cyclic N) is 1. The first-order valence-corrected chi connectivity index (χ1v) is 16.3. The zero-order valence-electron chi connectivity index (χ0n) is 25.5. The van der Waals surface area contributed by atoms with Crippen molar-refractivity contribution < 1.29 is 33.8 Å². The maximum Gasteiger partial charge on any atom is 0.313 e. The highest BCUT2D eigenvalue weighted by Gasteiger charge is 2.77. The van der Waals surface area contributed by atoms with Crippen LogP contribution in [0.25, 0.3) is 0 Å². The number of carbonyl (C=O) groups excluding carboxylic acids is 4. The van der Waals surface area contributed by atoms with Crippen LogP contribution in [0.2, 0.25) is 0 Å². The Hall–Kier alpha value is -3.02. The van der Waals surface area contributed by atoms with Crippen molar-refractivity contribution >= 4 is 39.6 Å². The Morgan fingerprint density at radius 2 is 2.00 bits per heavy atom. The third kappa shape index (κ3) is 6.50. The van der Waals surface area contributed by atoms with Gasteiger partial charge in [-0.25, -0.2) is 0 Å². The van der Waals surface area contributed by atoms with E-state index in [1.54, 1.807) is 24.0 Å². The second kappa shape index (κ2) is 14.8. The Kier molecular flexibility index (Phi) is 11.4. The van der Waals surface area contributed by atoms with Gasteiger partial charge in [0.15, 0.2) is 0 Å². The molecule has 1 aromatic rings. The predicted octanol–water partition coefficient (Wildman–Crippen LogP) is 3.30. The van der Waals surface area contributed by atoms with E-state index in [2.05, 4.69) is 34.4 Å². The van der Waals surface area contributed by atoms with Crippen LogP contribution >= 0.6 is 15.9 Å². The van der Waals surface area contributed by atoms with E-state index in [0.29, 0.717) is 31.5 Å². The molecule has 1 unspecified atom stereocenters. The molecule has 3 heterocycles. The molecule has 10 nitrogen and oxygen atoms in total. The van der Waals surface area contributed by atoms with Gasteiger partial charge in [0.05, 0.1) is 30.6 Å². The van der Waals surface area contributed by atoms with E-state index in [1.165, 1.54) is 4.90 Å². The molecule has 44 heavy (non-hydrogen) atoms. The summed E-state index contributed by atoms with van der Waals surface area (Å²) < 4.78 is 12.7. The number of benzene rings is 1. The van der Waals surface area contributed by atoms with Gasteiger partial charge >= 0.3 is 5.97 Å². The minimum absolute atomic E-state index is 0.0631. The number of fused-ring (bicyclic) bond motifs is 1. The van der Waals surface area contributed by atoms with Crippen LogP contribution < -0.4 is 5.32 Å². The van der Waals surface area contributed by atoms with Crippen molar-refractivity contribution in [3.05, 3.63) is 61.2 Å². The highest BCUT2D eigenvalue weighted by Crippen LogP contribution is 2.60. The van der Waals surface area contributed by atoms with Crippen LogP contribution in [0, 0.1) is 11.8 Å². The Labute approximate surface area is 267 Å². The number of allylic oxidation sites excluding steroid dienone is 1. The summed E-state index contributed by atoms with van der Waals surface area (Å²) in [6, 6.07) is 7.56. The number of nitrogens with zero attached hydrogens (tertiary/aromatic N) is 2. The lowest BCUT2D eigenvalue weighted by molar-refractivity contribution is -0.162. The van der Waals surface area contributed by atoms with E-state index in [1.807, 2.05) is 37.3 Å². The van der Waals surface area contributed by atoms with Crippen molar-refractivity contribution in [3.63, 3.8) is 0 Å². The third-order valence-corrected chi connectivity index (χ3v) is 9.71. The number of rotatable bonds is 16. The number of likely N-dealkylation sites (tertiary alicyclic amines) is 1. The van der Waals surface area contributed by atoms with Crippen LogP contribution in [0.5, 0.6) is 0 Å². The molecule has 0 saturated carbocycles. The number of halogens is 1. The van der Waals surface area contributed by atoms with Crippen molar-refractivity contribution in [2.45, 2.75) is 80.7 Å². The van der Waals surface area contributed by atoms with E-state index in [0.717, 1.165) is 12.8 Å². The third-order valence-electron chi connectivity index (χ3n) is 8.87. The molecule has 0 aliphatic carbocycles. The van der Waals surface area contributed by atoms with Crippen molar-refractivity contribution in [1.82, 2.24) is 15.1 Å². The number of nitrogens with one attached hydrogen (secondary N) is 1. The van der Waals surface area contributed by atoms with Crippen LogP contribution in [0.1, 0.15) is 57.6 Å². The minimum Gasteiger partial charge on any atom is -0.455 e. The van der Waals surface area contributed by atoms with Crippen molar-refractivity contribution in [1.29, 1.82) is 0 Å². The van der Waals surface area contributed by atoms with Gasteiger partial charge in [0, 0.05) is 30.9 Å². The topological polar surface area (TPSA) is 125 Å². The monoisotopic (exact) mass is 673 g/mol. The first kappa shape index (κ1) is 33.9. The van der Waals surface area contributed by atoms with Gasteiger partial charge in [-0.15, -0.1) is 13.2 Å². The molecule has 11 heteroatoms. The second-order valence-electron chi connectivity index (χ2n) is 11.8. The molecule has 3 fully saturated rings. The summed E-state index contributed by atoms with van der Waals surface area (Å²) in [6.45, 7) is 11.7.